The number of carbonyl (C=O) groups excluding carboxylic acids is 1. The first-order valence-corrected chi connectivity index (χ1v) is 11.0. The molecule has 7 heteroatoms. The Bertz CT molecular complexity index is 1060. The number of thiazole rings is 1. The first-order valence-electron chi connectivity index (χ1n) is 8.90. The van der Waals surface area contributed by atoms with Crippen molar-refractivity contribution < 1.29 is 9.53 Å². The molecule has 0 spiro atoms. The molecule has 0 aliphatic carbocycles. The molecular formula is C22H17ClN2O2S2. The van der Waals surface area contributed by atoms with E-state index in [1.807, 2.05) is 66.0 Å². The van der Waals surface area contributed by atoms with E-state index in [0.717, 1.165) is 16.0 Å². The molecule has 1 atom stereocenters. The molecule has 2 aromatic heterocycles. The quantitative estimate of drug-likeness (QED) is 0.361. The molecule has 0 radical (unpaired) electrons. The molecule has 1 unspecified atom stereocenters. The van der Waals surface area contributed by atoms with Gasteiger partial charge < -0.3 is 4.74 Å². The van der Waals surface area contributed by atoms with Crippen LogP contribution in [0.25, 0.3) is 0 Å². The van der Waals surface area contributed by atoms with E-state index in [4.69, 9.17) is 16.3 Å². The summed E-state index contributed by atoms with van der Waals surface area (Å²) in [6.07, 6.45) is 1.48. The molecule has 0 saturated heterocycles. The fourth-order valence-corrected chi connectivity index (χ4v) is 4.40. The van der Waals surface area contributed by atoms with Gasteiger partial charge in [-0.05, 0) is 34.7 Å². The van der Waals surface area contributed by atoms with E-state index in [0.29, 0.717) is 21.6 Å². The zero-order valence-electron chi connectivity index (χ0n) is 15.2. The smallest absolute Gasteiger partial charge is 0.267 e. The van der Waals surface area contributed by atoms with Crippen molar-refractivity contribution in [2.75, 3.05) is 5.32 Å². The number of anilines is 1. The van der Waals surface area contributed by atoms with Crippen LogP contribution in [-0.4, -0.2) is 10.9 Å². The lowest BCUT2D eigenvalue weighted by Crippen LogP contribution is -2.09. The van der Waals surface area contributed by atoms with Crippen LogP contribution in [0.1, 0.15) is 31.8 Å². The largest absolute Gasteiger partial charge is 0.363 e. The van der Waals surface area contributed by atoms with Gasteiger partial charge in [-0.25, -0.2) is 4.98 Å². The van der Waals surface area contributed by atoms with Crippen LogP contribution in [0.15, 0.2) is 78.3 Å². The summed E-state index contributed by atoms with van der Waals surface area (Å²) in [5.41, 5.74) is 2.06. The van der Waals surface area contributed by atoms with Crippen molar-refractivity contribution in [2.45, 2.75) is 12.7 Å². The number of carbonyl (C=O) groups is 1. The molecule has 146 valence electrons. The number of amides is 1. The normalized spacial score (nSPS) is 11.9. The number of hydrogen-bond donors (Lipinski definition) is 1. The summed E-state index contributed by atoms with van der Waals surface area (Å²) < 4.78 is 6.25. The van der Waals surface area contributed by atoms with Gasteiger partial charge in [0.25, 0.3) is 5.91 Å². The predicted molar refractivity (Wildman–Crippen MR) is 119 cm³/mol. The molecule has 0 aliphatic heterocycles. The molecule has 2 aromatic carbocycles. The molecule has 2 heterocycles. The zero-order valence-corrected chi connectivity index (χ0v) is 17.6. The van der Waals surface area contributed by atoms with Crippen LogP contribution in [0.3, 0.4) is 0 Å². The van der Waals surface area contributed by atoms with Gasteiger partial charge in [0.1, 0.15) is 6.10 Å². The molecule has 4 aromatic rings. The van der Waals surface area contributed by atoms with Gasteiger partial charge in [-0.15, -0.1) is 11.3 Å². The maximum absolute atomic E-state index is 12.3. The molecular weight excluding hydrogens is 424 g/mol. The lowest BCUT2D eigenvalue weighted by atomic mass is 10.1. The maximum atomic E-state index is 12.3. The SMILES string of the molecule is O=C(Nc1ncc(C(OCc2ccc(Cl)cc2)c2ccccc2)s1)c1cccs1. The van der Waals surface area contributed by atoms with Gasteiger partial charge in [-0.2, -0.15) is 0 Å². The number of nitrogens with one attached hydrogen (secondary N) is 1. The molecule has 0 saturated carbocycles. The Balaban J connectivity index is 1.52. The molecule has 0 aliphatic rings. The highest BCUT2D eigenvalue weighted by molar-refractivity contribution is 7.16. The van der Waals surface area contributed by atoms with Crippen LogP contribution < -0.4 is 5.32 Å². The summed E-state index contributed by atoms with van der Waals surface area (Å²) in [5, 5.41) is 5.98. The van der Waals surface area contributed by atoms with Gasteiger partial charge >= 0.3 is 0 Å². The van der Waals surface area contributed by atoms with Crippen LogP contribution >= 0.6 is 34.3 Å². The second kappa shape index (κ2) is 9.33. The van der Waals surface area contributed by atoms with Gasteiger partial charge in [0.2, 0.25) is 0 Å². The Morgan fingerprint density at radius 1 is 1.07 bits per heavy atom. The van der Waals surface area contributed by atoms with Crippen molar-refractivity contribution in [3.8, 4) is 0 Å². The van der Waals surface area contributed by atoms with E-state index in [-0.39, 0.29) is 12.0 Å². The highest BCUT2D eigenvalue weighted by Crippen LogP contribution is 2.33. The second-order valence-corrected chi connectivity index (χ2v) is 8.67. The van der Waals surface area contributed by atoms with E-state index in [9.17, 15) is 4.79 Å². The third-order valence-electron chi connectivity index (χ3n) is 4.18. The first kappa shape index (κ1) is 19.8. The van der Waals surface area contributed by atoms with Gasteiger partial charge in [-0.1, -0.05) is 71.5 Å². The highest BCUT2D eigenvalue weighted by Gasteiger charge is 2.19. The van der Waals surface area contributed by atoms with E-state index >= 15 is 0 Å². The van der Waals surface area contributed by atoms with Gasteiger partial charge in [-0.3, -0.25) is 10.1 Å². The fraction of sp³-hybridized carbons (Fsp3) is 0.0909. The Hall–Kier alpha value is -2.51. The van der Waals surface area contributed by atoms with Crippen LogP contribution in [0, 0.1) is 0 Å². The average Bonchev–Trinajstić information content (AvgIpc) is 3.43. The number of hydrogen-bond acceptors (Lipinski definition) is 5. The minimum absolute atomic E-state index is 0.153. The number of thiophene rings is 1. The van der Waals surface area contributed by atoms with E-state index in [1.165, 1.54) is 22.7 Å². The molecule has 1 N–H and O–H groups in total. The number of aromatic nitrogens is 1. The summed E-state index contributed by atoms with van der Waals surface area (Å²) in [7, 11) is 0. The van der Waals surface area contributed by atoms with Gasteiger partial charge in [0.05, 0.1) is 16.4 Å². The number of halogens is 1. The number of benzene rings is 2. The van der Waals surface area contributed by atoms with Crippen molar-refractivity contribution in [3.63, 3.8) is 0 Å². The second-order valence-electron chi connectivity index (χ2n) is 6.23. The number of nitrogens with zero attached hydrogens (tertiary/aromatic N) is 1. The van der Waals surface area contributed by atoms with Crippen molar-refractivity contribution in [3.05, 3.63) is 104 Å². The zero-order chi connectivity index (χ0) is 20.1. The number of ether oxygens (including phenoxy) is 1. The Kier molecular flexibility index (Phi) is 6.36. The van der Waals surface area contributed by atoms with Crippen molar-refractivity contribution >= 4 is 45.3 Å². The summed E-state index contributed by atoms with van der Waals surface area (Å²) in [6, 6.07) is 21.2. The highest BCUT2D eigenvalue weighted by atomic mass is 35.5. The summed E-state index contributed by atoms with van der Waals surface area (Å²) in [6.45, 7) is 0.436. The molecule has 0 fully saturated rings. The topological polar surface area (TPSA) is 51.2 Å². The summed E-state index contributed by atoms with van der Waals surface area (Å²) in [5.74, 6) is -0.153. The standard InChI is InChI=1S/C22H17ClN2O2S2/c23-17-10-8-15(9-11-17)14-27-20(16-5-2-1-3-6-16)19-13-24-22(29-19)25-21(26)18-7-4-12-28-18/h1-13,20H,14H2,(H,24,25,26). The maximum Gasteiger partial charge on any atom is 0.267 e. The van der Waals surface area contributed by atoms with Crippen molar-refractivity contribution in [1.82, 2.24) is 4.98 Å². The van der Waals surface area contributed by atoms with Crippen LogP contribution in [0.5, 0.6) is 0 Å². The van der Waals surface area contributed by atoms with Crippen molar-refractivity contribution in [2.24, 2.45) is 0 Å². The number of rotatable bonds is 7. The monoisotopic (exact) mass is 440 g/mol. The third kappa shape index (κ3) is 5.10. The fourth-order valence-electron chi connectivity index (χ4n) is 2.76. The Morgan fingerprint density at radius 3 is 2.59 bits per heavy atom. The van der Waals surface area contributed by atoms with Crippen molar-refractivity contribution in [1.29, 1.82) is 0 Å². The van der Waals surface area contributed by atoms with E-state index in [2.05, 4.69) is 10.3 Å². The van der Waals surface area contributed by atoms with E-state index in [1.54, 1.807) is 12.3 Å². The lowest BCUT2D eigenvalue weighted by Gasteiger charge is -2.17. The predicted octanol–water partition coefficient (Wildman–Crippen LogP) is 6.42. The van der Waals surface area contributed by atoms with Crippen LogP contribution in [0.2, 0.25) is 5.02 Å². The van der Waals surface area contributed by atoms with E-state index < -0.39 is 0 Å². The minimum atomic E-state index is -0.281. The average molecular weight is 441 g/mol. The first-order chi connectivity index (χ1) is 14.2. The Labute approximate surface area is 181 Å². The van der Waals surface area contributed by atoms with Crippen LogP contribution in [0.4, 0.5) is 5.13 Å². The minimum Gasteiger partial charge on any atom is -0.363 e. The molecule has 0 bridgehead atoms. The van der Waals surface area contributed by atoms with Gasteiger partial charge in [0, 0.05) is 11.2 Å². The Morgan fingerprint density at radius 2 is 1.86 bits per heavy atom. The summed E-state index contributed by atoms with van der Waals surface area (Å²) in [4.78, 5) is 18.2. The van der Waals surface area contributed by atoms with Gasteiger partial charge in [0.15, 0.2) is 5.13 Å². The molecule has 1 amide bonds. The summed E-state index contributed by atoms with van der Waals surface area (Å²) >= 11 is 8.78. The molecule has 29 heavy (non-hydrogen) atoms. The van der Waals surface area contributed by atoms with Crippen LogP contribution in [-0.2, 0) is 11.3 Å². The molecule has 4 rings (SSSR count). The molecule has 4 nitrogen and oxygen atoms in total. The third-order valence-corrected chi connectivity index (χ3v) is 6.26. The lowest BCUT2D eigenvalue weighted by molar-refractivity contribution is 0.0689.